The van der Waals surface area contributed by atoms with Crippen molar-refractivity contribution in [2.75, 3.05) is 6.61 Å². The van der Waals surface area contributed by atoms with Crippen LogP contribution >= 0.6 is 0 Å². The monoisotopic (exact) mass is 213 g/mol. The first-order chi connectivity index (χ1) is 6.99. The summed E-state index contributed by atoms with van der Waals surface area (Å²) in [4.78, 5) is 10.9. The molecule has 0 unspecified atom stereocenters. The number of carbonyl (C=O) groups is 1. The molecule has 0 aromatic rings. The van der Waals surface area contributed by atoms with Gasteiger partial charge in [-0.05, 0) is 26.8 Å². The molecule has 0 saturated carbocycles. The maximum atomic E-state index is 10.9. The number of unbranched alkanes of at least 4 members (excludes halogenated alkanes) is 1. The van der Waals surface area contributed by atoms with E-state index in [0.717, 1.165) is 0 Å². The average Bonchev–Trinajstić information content (AvgIpc) is 2.17. The molecule has 0 atom stereocenters. The van der Waals surface area contributed by atoms with Crippen molar-refractivity contribution in [2.24, 2.45) is 0 Å². The minimum absolute atomic E-state index is 0.348. The molecular weight excluding hydrogens is 190 g/mol. The lowest BCUT2D eigenvalue weighted by Gasteiger charge is -1.99. The zero-order valence-corrected chi connectivity index (χ0v) is 10.5. The summed E-state index contributed by atoms with van der Waals surface area (Å²) < 4.78 is 4.70. The number of nitrogens with one attached hydrogen (secondary N) is 1. The quantitative estimate of drug-likeness (QED) is 0.442. The molecule has 15 heavy (non-hydrogen) atoms. The molecule has 0 radical (unpaired) electrons. The van der Waals surface area contributed by atoms with Gasteiger partial charge in [-0.15, -0.1) is 0 Å². The van der Waals surface area contributed by atoms with Crippen molar-refractivity contribution in [3.63, 3.8) is 0 Å². The Hall–Kier alpha value is -1.12. The van der Waals surface area contributed by atoms with E-state index in [1.807, 2.05) is 0 Å². The summed E-state index contributed by atoms with van der Waals surface area (Å²) in [5, 5.41) is 7.07. The van der Waals surface area contributed by atoms with E-state index in [2.05, 4.69) is 13.8 Å². The van der Waals surface area contributed by atoms with Crippen LogP contribution < -0.4 is 0 Å². The first-order valence-electron chi connectivity index (χ1n) is 5.40. The van der Waals surface area contributed by atoms with E-state index in [0.29, 0.717) is 17.9 Å². The average molecular weight is 213 g/mol. The van der Waals surface area contributed by atoms with Crippen LogP contribution in [-0.2, 0) is 9.53 Å². The molecule has 0 aliphatic heterocycles. The van der Waals surface area contributed by atoms with Gasteiger partial charge >= 0.3 is 5.97 Å². The smallest absolute Gasteiger partial charge is 0.333 e. The number of allylic oxidation sites excluding steroid dienone is 1. The molecule has 0 fully saturated rings. The summed E-state index contributed by atoms with van der Waals surface area (Å²) in [5.74, 6) is -0.348. The van der Waals surface area contributed by atoms with Gasteiger partial charge in [0.05, 0.1) is 6.61 Å². The highest BCUT2D eigenvalue weighted by molar-refractivity contribution is 5.99. The third-order valence-electron chi connectivity index (χ3n) is 1.53. The van der Waals surface area contributed by atoms with Crippen LogP contribution in [0.15, 0.2) is 11.6 Å². The summed E-state index contributed by atoms with van der Waals surface area (Å²) in [6.45, 7) is 9.74. The molecule has 3 heteroatoms. The fourth-order valence-electron chi connectivity index (χ4n) is 0.629. The predicted octanol–water partition coefficient (Wildman–Crippen LogP) is 3.34. The van der Waals surface area contributed by atoms with Crippen LogP contribution in [0.5, 0.6) is 0 Å². The Kier molecular flexibility index (Phi) is 11.9. The van der Waals surface area contributed by atoms with Crippen molar-refractivity contribution in [1.82, 2.24) is 0 Å². The summed E-state index contributed by atoms with van der Waals surface area (Å²) in [7, 11) is 0. The molecular formula is C12H23NO2. The molecule has 1 N–H and O–H groups in total. The zero-order valence-electron chi connectivity index (χ0n) is 10.5. The highest BCUT2D eigenvalue weighted by Gasteiger charge is 2.02. The van der Waals surface area contributed by atoms with E-state index in [1.165, 1.54) is 18.9 Å². The van der Waals surface area contributed by atoms with Crippen LogP contribution in [0.4, 0.5) is 0 Å². The molecule has 0 heterocycles. The van der Waals surface area contributed by atoms with E-state index in [9.17, 15) is 4.79 Å². The maximum absolute atomic E-state index is 10.9. The van der Waals surface area contributed by atoms with Crippen LogP contribution in [0.2, 0.25) is 0 Å². The summed E-state index contributed by atoms with van der Waals surface area (Å²) in [5.41, 5.74) is 0.829. The highest BCUT2D eigenvalue weighted by Crippen LogP contribution is 1.96. The first-order valence-corrected chi connectivity index (χ1v) is 5.40. The molecule has 0 aromatic heterocycles. The molecule has 0 aliphatic carbocycles. The van der Waals surface area contributed by atoms with Crippen molar-refractivity contribution in [3.05, 3.63) is 11.6 Å². The van der Waals surface area contributed by atoms with Crippen LogP contribution in [0.1, 0.15) is 47.5 Å². The molecule has 3 nitrogen and oxygen atoms in total. The number of hydrogen-bond donors (Lipinski definition) is 1. The van der Waals surface area contributed by atoms with Gasteiger partial charge in [-0.25, -0.2) is 4.79 Å². The number of rotatable bonds is 4. The number of carbonyl (C=O) groups excluding carboxylic acids is 1. The van der Waals surface area contributed by atoms with Gasteiger partial charge in [-0.1, -0.05) is 26.7 Å². The van der Waals surface area contributed by atoms with E-state index in [-0.39, 0.29) is 5.97 Å². The van der Waals surface area contributed by atoms with Gasteiger partial charge in [0, 0.05) is 11.3 Å². The second-order valence-electron chi connectivity index (χ2n) is 3.23. The van der Waals surface area contributed by atoms with Crippen molar-refractivity contribution in [3.8, 4) is 0 Å². The van der Waals surface area contributed by atoms with Gasteiger partial charge in [0.15, 0.2) is 0 Å². The van der Waals surface area contributed by atoms with Crippen molar-refractivity contribution >= 4 is 11.7 Å². The molecule has 88 valence electrons. The predicted molar refractivity (Wildman–Crippen MR) is 64.4 cm³/mol. The molecule has 0 spiro atoms. The molecule has 0 rings (SSSR count). The topological polar surface area (TPSA) is 50.2 Å². The Morgan fingerprint density at radius 3 is 1.93 bits per heavy atom. The SMILES string of the molecule is CCCC.CCOC(=O)/C(C)=C/C(C)=N. The standard InChI is InChI=1S/C8H13NO2.C4H10/c1-4-11-8(10)6(2)5-7(3)9;1-3-4-2/h5,9H,4H2,1-3H3;3-4H2,1-2H3/b6-5+,9-7?;. The van der Waals surface area contributed by atoms with E-state index in [1.54, 1.807) is 20.8 Å². The lowest BCUT2D eigenvalue weighted by atomic mass is 10.2. The van der Waals surface area contributed by atoms with Crippen molar-refractivity contribution in [1.29, 1.82) is 5.41 Å². The first kappa shape index (κ1) is 16.3. The Morgan fingerprint density at radius 1 is 1.20 bits per heavy atom. The third-order valence-corrected chi connectivity index (χ3v) is 1.53. The molecule has 0 aromatic carbocycles. The normalized spacial score (nSPS) is 10.1. The molecule has 0 saturated heterocycles. The lowest BCUT2D eigenvalue weighted by Crippen LogP contribution is -2.06. The summed E-state index contributed by atoms with van der Waals surface area (Å²) in [6, 6.07) is 0. The number of esters is 1. The maximum Gasteiger partial charge on any atom is 0.333 e. The van der Waals surface area contributed by atoms with Gasteiger partial charge in [-0.3, -0.25) is 0 Å². The largest absolute Gasteiger partial charge is 0.463 e. The second-order valence-corrected chi connectivity index (χ2v) is 3.23. The Morgan fingerprint density at radius 2 is 1.67 bits per heavy atom. The minimum Gasteiger partial charge on any atom is -0.463 e. The van der Waals surface area contributed by atoms with Crippen LogP contribution in [-0.4, -0.2) is 18.3 Å². The van der Waals surface area contributed by atoms with Gasteiger partial charge in [-0.2, -0.15) is 0 Å². The fourth-order valence-corrected chi connectivity index (χ4v) is 0.629. The zero-order chi connectivity index (χ0) is 12.3. The van der Waals surface area contributed by atoms with Crippen LogP contribution in [0, 0.1) is 5.41 Å². The minimum atomic E-state index is -0.348. The van der Waals surface area contributed by atoms with E-state index < -0.39 is 0 Å². The Bertz CT molecular complexity index is 218. The lowest BCUT2D eigenvalue weighted by molar-refractivity contribution is -0.138. The Balaban J connectivity index is 0. The van der Waals surface area contributed by atoms with Crippen molar-refractivity contribution < 1.29 is 9.53 Å². The second kappa shape index (κ2) is 11.0. The molecule has 0 amide bonds. The summed E-state index contributed by atoms with van der Waals surface area (Å²) in [6.07, 6.45) is 4.12. The van der Waals surface area contributed by atoms with Gasteiger partial charge in [0.2, 0.25) is 0 Å². The van der Waals surface area contributed by atoms with Crippen LogP contribution in [0.25, 0.3) is 0 Å². The third kappa shape index (κ3) is 12.9. The van der Waals surface area contributed by atoms with Crippen LogP contribution in [0.3, 0.4) is 0 Å². The van der Waals surface area contributed by atoms with Gasteiger partial charge in [0.25, 0.3) is 0 Å². The fraction of sp³-hybridized carbons (Fsp3) is 0.667. The highest BCUT2D eigenvalue weighted by atomic mass is 16.5. The van der Waals surface area contributed by atoms with Gasteiger partial charge in [0.1, 0.15) is 0 Å². The Labute approximate surface area is 93.0 Å². The van der Waals surface area contributed by atoms with Gasteiger partial charge < -0.3 is 10.1 Å². The molecule has 0 aliphatic rings. The van der Waals surface area contributed by atoms with E-state index >= 15 is 0 Å². The number of ether oxygens (including phenoxy) is 1. The van der Waals surface area contributed by atoms with Crippen molar-refractivity contribution in [2.45, 2.75) is 47.5 Å². The molecule has 0 bridgehead atoms. The summed E-state index contributed by atoms with van der Waals surface area (Å²) >= 11 is 0. The number of hydrogen-bond acceptors (Lipinski definition) is 3. The van der Waals surface area contributed by atoms with E-state index in [4.69, 9.17) is 10.1 Å².